The van der Waals surface area contributed by atoms with Crippen LogP contribution in [0.4, 0.5) is 0 Å². The number of nitrogens with zero attached hydrogens (tertiary/aromatic N) is 1. The average Bonchev–Trinajstić information content (AvgIpc) is 3.08. The number of likely N-dealkylation sites (tertiary alicyclic amines) is 1. The van der Waals surface area contributed by atoms with E-state index in [9.17, 15) is 4.79 Å². The van der Waals surface area contributed by atoms with Crippen LogP contribution in [0.5, 0.6) is 11.5 Å². The van der Waals surface area contributed by atoms with Gasteiger partial charge in [0.1, 0.15) is 0 Å². The van der Waals surface area contributed by atoms with Crippen molar-refractivity contribution in [1.82, 2.24) is 4.90 Å². The number of ether oxygens (including phenoxy) is 3. The lowest BCUT2D eigenvalue weighted by molar-refractivity contribution is -0.134. The highest BCUT2D eigenvalue weighted by Crippen LogP contribution is 2.37. The number of hydrogen-bond acceptors (Lipinski definition) is 5. The minimum Gasteiger partial charge on any atom is -0.493 e. The van der Waals surface area contributed by atoms with Crippen LogP contribution in [-0.2, 0) is 9.53 Å². The first kappa shape index (κ1) is 17.6. The number of methoxy groups -OCH3 is 3. The van der Waals surface area contributed by atoms with Gasteiger partial charge >= 0.3 is 0 Å². The van der Waals surface area contributed by atoms with E-state index in [4.69, 9.17) is 19.9 Å². The summed E-state index contributed by atoms with van der Waals surface area (Å²) in [4.78, 5) is 14.5. The summed E-state index contributed by atoms with van der Waals surface area (Å²) >= 11 is 0. The number of rotatable bonds is 7. The molecule has 1 fully saturated rings. The molecule has 1 heterocycles. The van der Waals surface area contributed by atoms with E-state index in [1.807, 2.05) is 23.1 Å². The summed E-state index contributed by atoms with van der Waals surface area (Å²) in [6.45, 7) is 1.11. The van der Waals surface area contributed by atoms with Gasteiger partial charge in [-0.05, 0) is 30.5 Å². The van der Waals surface area contributed by atoms with Gasteiger partial charge in [-0.2, -0.15) is 0 Å². The van der Waals surface area contributed by atoms with Gasteiger partial charge in [0.15, 0.2) is 11.5 Å². The zero-order valence-corrected chi connectivity index (χ0v) is 14.1. The van der Waals surface area contributed by atoms with E-state index in [0.29, 0.717) is 24.5 Å². The van der Waals surface area contributed by atoms with E-state index >= 15 is 0 Å². The maximum Gasteiger partial charge on any atom is 0.225 e. The van der Waals surface area contributed by atoms with Crippen molar-refractivity contribution in [2.75, 3.05) is 34.4 Å². The predicted octanol–water partition coefficient (Wildman–Crippen LogP) is 1.73. The molecule has 0 aliphatic carbocycles. The smallest absolute Gasteiger partial charge is 0.225 e. The van der Waals surface area contributed by atoms with Crippen molar-refractivity contribution in [1.29, 1.82) is 0 Å². The standard InChI is InChI=1S/C17H26N2O4/c1-21-13(11-18)10-17(20)19-8-4-5-14(19)12-6-7-15(22-2)16(9-12)23-3/h6-7,9,13-14H,4-5,8,10-11,18H2,1-3H3. The normalized spacial score (nSPS) is 18.8. The Hall–Kier alpha value is -1.79. The second-order valence-electron chi connectivity index (χ2n) is 5.66. The van der Waals surface area contributed by atoms with Crippen LogP contribution in [0.25, 0.3) is 0 Å². The van der Waals surface area contributed by atoms with Crippen molar-refractivity contribution < 1.29 is 19.0 Å². The van der Waals surface area contributed by atoms with Gasteiger partial charge < -0.3 is 24.8 Å². The Morgan fingerprint density at radius 1 is 1.30 bits per heavy atom. The molecule has 1 aromatic rings. The zero-order valence-electron chi connectivity index (χ0n) is 14.1. The second kappa shape index (κ2) is 8.17. The molecular weight excluding hydrogens is 296 g/mol. The maximum atomic E-state index is 12.6. The summed E-state index contributed by atoms with van der Waals surface area (Å²) in [5.74, 6) is 1.45. The van der Waals surface area contributed by atoms with Gasteiger partial charge in [0.2, 0.25) is 5.91 Å². The lowest BCUT2D eigenvalue weighted by atomic mass is 10.0. The quantitative estimate of drug-likeness (QED) is 0.827. The molecule has 6 nitrogen and oxygen atoms in total. The van der Waals surface area contributed by atoms with Crippen molar-refractivity contribution in [2.24, 2.45) is 5.73 Å². The third-order valence-corrected chi connectivity index (χ3v) is 4.36. The molecular formula is C17H26N2O4. The summed E-state index contributed by atoms with van der Waals surface area (Å²) in [5.41, 5.74) is 6.68. The Kier molecular flexibility index (Phi) is 6.24. The Morgan fingerprint density at radius 3 is 2.65 bits per heavy atom. The molecule has 2 unspecified atom stereocenters. The van der Waals surface area contributed by atoms with Crippen molar-refractivity contribution in [3.05, 3.63) is 23.8 Å². The van der Waals surface area contributed by atoms with Crippen LogP contribution < -0.4 is 15.2 Å². The third kappa shape index (κ3) is 3.95. The summed E-state index contributed by atoms with van der Waals surface area (Å²) in [6, 6.07) is 5.89. The SMILES string of the molecule is COc1ccc(C2CCCN2C(=O)CC(CN)OC)cc1OC. The monoisotopic (exact) mass is 322 g/mol. The molecule has 1 aliphatic rings. The van der Waals surface area contributed by atoms with E-state index in [0.717, 1.165) is 24.9 Å². The molecule has 0 spiro atoms. The number of carbonyl (C=O) groups is 1. The first-order valence-corrected chi connectivity index (χ1v) is 7.88. The van der Waals surface area contributed by atoms with Crippen molar-refractivity contribution in [3.8, 4) is 11.5 Å². The van der Waals surface area contributed by atoms with Gasteiger partial charge in [0.05, 0.1) is 32.8 Å². The van der Waals surface area contributed by atoms with E-state index in [2.05, 4.69) is 0 Å². The molecule has 2 atom stereocenters. The second-order valence-corrected chi connectivity index (χ2v) is 5.66. The van der Waals surface area contributed by atoms with Crippen LogP contribution >= 0.6 is 0 Å². The Bertz CT molecular complexity index is 531. The Balaban J connectivity index is 2.16. The largest absolute Gasteiger partial charge is 0.493 e. The number of benzene rings is 1. The lowest BCUT2D eigenvalue weighted by Crippen LogP contribution is -2.35. The fraction of sp³-hybridized carbons (Fsp3) is 0.588. The number of carbonyl (C=O) groups excluding carboxylic acids is 1. The van der Waals surface area contributed by atoms with Crippen LogP contribution in [0.3, 0.4) is 0 Å². The van der Waals surface area contributed by atoms with E-state index in [-0.39, 0.29) is 18.1 Å². The molecule has 1 aromatic carbocycles. The van der Waals surface area contributed by atoms with E-state index < -0.39 is 0 Å². The highest BCUT2D eigenvalue weighted by molar-refractivity contribution is 5.77. The minimum absolute atomic E-state index is 0.0672. The Morgan fingerprint density at radius 2 is 2.04 bits per heavy atom. The fourth-order valence-electron chi connectivity index (χ4n) is 3.05. The summed E-state index contributed by atoms with van der Waals surface area (Å²) in [7, 11) is 4.81. The molecule has 1 amide bonds. The van der Waals surface area contributed by atoms with Crippen LogP contribution in [0, 0.1) is 0 Å². The van der Waals surface area contributed by atoms with Crippen molar-refractivity contribution >= 4 is 5.91 Å². The highest BCUT2D eigenvalue weighted by Gasteiger charge is 2.31. The van der Waals surface area contributed by atoms with E-state index in [1.165, 1.54) is 0 Å². The molecule has 1 saturated heterocycles. The van der Waals surface area contributed by atoms with Crippen LogP contribution in [0.15, 0.2) is 18.2 Å². The number of hydrogen-bond donors (Lipinski definition) is 1. The van der Waals surface area contributed by atoms with Crippen LogP contribution in [-0.4, -0.2) is 51.3 Å². The summed E-state index contributed by atoms with van der Waals surface area (Å²) in [5, 5.41) is 0. The molecule has 0 aromatic heterocycles. The third-order valence-electron chi connectivity index (χ3n) is 4.36. The average molecular weight is 322 g/mol. The van der Waals surface area contributed by atoms with E-state index in [1.54, 1.807) is 21.3 Å². The molecule has 0 saturated carbocycles. The van der Waals surface area contributed by atoms with Gasteiger partial charge in [-0.1, -0.05) is 6.07 Å². The molecule has 2 rings (SSSR count). The molecule has 0 bridgehead atoms. The molecule has 128 valence electrons. The topological polar surface area (TPSA) is 74.0 Å². The Labute approximate surface area is 137 Å². The zero-order chi connectivity index (χ0) is 16.8. The molecule has 1 aliphatic heterocycles. The molecule has 0 radical (unpaired) electrons. The summed E-state index contributed by atoms with van der Waals surface area (Å²) in [6.07, 6.45) is 2.03. The number of amides is 1. The van der Waals surface area contributed by atoms with Crippen LogP contribution in [0.2, 0.25) is 0 Å². The van der Waals surface area contributed by atoms with Crippen molar-refractivity contribution in [3.63, 3.8) is 0 Å². The molecule has 23 heavy (non-hydrogen) atoms. The first-order valence-electron chi connectivity index (χ1n) is 7.88. The molecule has 6 heteroatoms. The van der Waals surface area contributed by atoms with Gasteiger partial charge in [0.25, 0.3) is 0 Å². The van der Waals surface area contributed by atoms with Gasteiger partial charge in [0, 0.05) is 20.2 Å². The minimum atomic E-state index is -0.228. The first-order chi connectivity index (χ1) is 11.1. The van der Waals surface area contributed by atoms with Gasteiger partial charge in [-0.25, -0.2) is 0 Å². The fourth-order valence-corrected chi connectivity index (χ4v) is 3.05. The van der Waals surface area contributed by atoms with Gasteiger partial charge in [-0.3, -0.25) is 4.79 Å². The van der Waals surface area contributed by atoms with Crippen LogP contribution in [0.1, 0.15) is 30.9 Å². The van der Waals surface area contributed by atoms with Gasteiger partial charge in [-0.15, -0.1) is 0 Å². The maximum absolute atomic E-state index is 12.6. The highest BCUT2D eigenvalue weighted by atomic mass is 16.5. The van der Waals surface area contributed by atoms with Crippen molar-refractivity contribution in [2.45, 2.75) is 31.4 Å². The lowest BCUT2D eigenvalue weighted by Gasteiger charge is -2.27. The predicted molar refractivity (Wildman–Crippen MR) is 87.7 cm³/mol. The summed E-state index contributed by atoms with van der Waals surface area (Å²) < 4.78 is 15.9. The number of nitrogens with two attached hydrogens (primary N) is 1. The molecule has 2 N–H and O–H groups in total.